The lowest BCUT2D eigenvalue weighted by Crippen LogP contribution is -2.50. The number of ether oxygens (including phenoxy) is 1. The van der Waals surface area contributed by atoms with Gasteiger partial charge in [-0.05, 0) is 47.5 Å². The van der Waals surface area contributed by atoms with Gasteiger partial charge >= 0.3 is 0 Å². The van der Waals surface area contributed by atoms with Gasteiger partial charge < -0.3 is 10.1 Å². The van der Waals surface area contributed by atoms with Crippen molar-refractivity contribution in [2.24, 2.45) is 0 Å². The zero-order chi connectivity index (χ0) is 16.4. The van der Waals surface area contributed by atoms with E-state index >= 15 is 0 Å². The molecule has 2 aliphatic heterocycles. The molecule has 0 aliphatic carbocycles. The highest BCUT2D eigenvalue weighted by atomic mass is 35.5. The molecule has 1 N–H and O–H groups in total. The van der Waals surface area contributed by atoms with Crippen molar-refractivity contribution in [2.45, 2.75) is 19.0 Å². The monoisotopic (exact) mass is 397 g/mol. The van der Waals surface area contributed by atoms with Gasteiger partial charge in [-0.15, -0.1) is 24.8 Å². The molecule has 1 atom stereocenters. The molecule has 4 rings (SSSR count). The van der Waals surface area contributed by atoms with Crippen LogP contribution in [0.2, 0.25) is 0 Å². The second kappa shape index (κ2) is 9.77. The number of piperazine rings is 1. The number of rotatable bonds is 4. The number of halogens is 2. The van der Waals surface area contributed by atoms with E-state index in [1.54, 1.807) is 7.11 Å². The van der Waals surface area contributed by atoms with Crippen LogP contribution in [0.15, 0.2) is 36.4 Å². The quantitative estimate of drug-likeness (QED) is 0.857. The normalized spacial score (nSPS) is 21.2. The summed E-state index contributed by atoms with van der Waals surface area (Å²) in [5.74, 6) is 0.924. The summed E-state index contributed by atoms with van der Waals surface area (Å²) in [6.07, 6.45) is 1.31. The molecule has 1 unspecified atom stereocenters. The van der Waals surface area contributed by atoms with Gasteiger partial charge in [0.25, 0.3) is 0 Å². The van der Waals surface area contributed by atoms with Gasteiger partial charge in [0, 0.05) is 45.3 Å². The minimum absolute atomic E-state index is 0. The van der Waals surface area contributed by atoms with E-state index in [0.717, 1.165) is 18.3 Å². The van der Waals surface area contributed by atoms with E-state index in [1.807, 2.05) is 6.07 Å². The minimum atomic E-state index is 0. The van der Waals surface area contributed by atoms with E-state index in [-0.39, 0.29) is 24.8 Å². The van der Waals surface area contributed by atoms with E-state index in [1.165, 1.54) is 62.0 Å². The first-order valence-corrected chi connectivity index (χ1v) is 9.05. The molecule has 2 heterocycles. The fourth-order valence-electron chi connectivity index (χ4n) is 3.99. The average molecular weight is 398 g/mol. The van der Waals surface area contributed by atoms with Crippen LogP contribution < -0.4 is 10.1 Å². The Morgan fingerprint density at radius 1 is 1.00 bits per heavy atom. The van der Waals surface area contributed by atoms with Crippen molar-refractivity contribution < 1.29 is 4.74 Å². The molecule has 0 bridgehead atoms. The molecule has 0 spiro atoms. The second-order valence-electron chi connectivity index (χ2n) is 7.01. The number of nitrogens with zero attached hydrogens (tertiary/aromatic N) is 2. The van der Waals surface area contributed by atoms with Gasteiger partial charge in [-0.1, -0.05) is 18.2 Å². The van der Waals surface area contributed by atoms with Crippen molar-refractivity contribution in [3.63, 3.8) is 0 Å². The van der Waals surface area contributed by atoms with E-state index < -0.39 is 0 Å². The Morgan fingerprint density at radius 3 is 2.42 bits per heavy atom. The number of hydrogen-bond donors (Lipinski definition) is 1. The van der Waals surface area contributed by atoms with Gasteiger partial charge in [0.05, 0.1) is 7.11 Å². The zero-order valence-corrected chi connectivity index (χ0v) is 17.0. The smallest absolute Gasteiger partial charge is 0.119 e. The lowest BCUT2D eigenvalue weighted by Gasteiger charge is -2.37. The summed E-state index contributed by atoms with van der Waals surface area (Å²) >= 11 is 0. The molecule has 0 aromatic heterocycles. The fraction of sp³-hybridized carbons (Fsp3) is 0.500. The first kappa shape index (κ1) is 21.3. The maximum Gasteiger partial charge on any atom is 0.119 e. The van der Waals surface area contributed by atoms with Crippen molar-refractivity contribution in [1.82, 2.24) is 15.1 Å². The molecule has 2 aromatic carbocycles. The summed E-state index contributed by atoms with van der Waals surface area (Å²) in [6.45, 7) is 8.18. The predicted molar refractivity (Wildman–Crippen MR) is 113 cm³/mol. The first-order chi connectivity index (χ1) is 11.8. The van der Waals surface area contributed by atoms with Crippen LogP contribution >= 0.6 is 24.8 Å². The van der Waals surface area contributed by atoms with Crippen molar-refractivity contribution in [3.05, 3.63) is 42.0 Å². The lowest BCUT2D eigenvalue weighted by molar-refractivity contribution is 0.0981. The van der Waals surface area contributed by atoms with Gasteiger partial charge in [0.15, 0.2) is 0 Å². The summed E-state index contributed by atoms with van der Waals surface area (Å²) in [6, 6.07) is 13.9. The molecule has 6 heteroatoms. The van der Waals surface area contributed by atoms with Crippen LogP contribution in [0.5, 0.6) is 5.75 Å². The van der Waals surface area contributed by atoms with Crippen molar-refractivity contribution in [2.75, 3.05) is 46.4 Å². The highest BCUT2D eigenvalue weighted by molar-refractivity contribution is 5.86. The van der Waals surface area contributed by atoms with E-state index in [4.69, 9.17) is 4.74 Å². The van der Waals surface area contributed by atoms with Crippen molar-refractivity contribution in [3.8, 4) is 5.75 Å². The number of benzene rings is 2. The molecule has 2 fully saturated rings. The van der Waals surface area contributed by atoms with Gasteiger partial charge in [-0.3, -0.25) is 9.80 Å². The van der Waals surface area contributed by atoms with Crippen LogP contribution in [0, 0.1) is 0 Å². The first-order valence-electron chi connectivity index (χ1n) is 9.05. The molecule has 26 heavy (non-hydrogen) atoms. The molecule has 4 nitrogen and oxygen atoms in total. The number of hydrogen-bond acceptors (Lipinski definition) is 4. The molecule has 2 saturated heterocycles. The van der Waals surface area contributed by atoms with Crippen molar-refractivity contribution in [1.29, 1.82) is 0 Å². The SMILES string of the molecule is COc1ccc2cc(CN3CCN(C4CCNC4)CC3)ccc2c1.Cl.Cl. The Bertz CT molecular complexity index is 699. The molecular weight excluding hydrogens is 369 g/mol. The highest BCUT2D eigenvalue weighted by Crippen LogP contribution is 2.23. The van der Waals surface area contributed by atoms with Crippen LogP contribution in [0.3, 0.4) is 0 Å². The number of methoxy groups -OCH3 is 1. The topological polar surface area (TPSA) is 27.7 Å². The van der Waals surface area contributed by atoms with Crippen LogP contribution in [0.4, 0.5) is 0 Å². The van der Waals surface area contributed by atoms with E-state index in [2.05, 4.69) is 45.4 Å². The molecule has 2 aliphatic rings. The molecule has 0 radical (unpaired) electrons. The lowest BCUT2D eigenvalue weighted by atomic mass is 10.1. The Kier molecular flexibility index (Phi) is 7.99. The van der Waals surface area contributed by atoms with Crippen LogP contribution in [-0.2, 0) is 6.54 Å². The Morgan fingerprint density at radius 2 is 1.73 bits per heavy atom. The van der Waals surface area contributed by atoms with Gasteiger partial charge in [-0.2, -0.15) is 0 Å². The predicted octanol–water partition coefficient (Wildman–Crippen LogP) is 3.17. The van der Waals surface area contributed by atoms with Crippen LogP contribution in [0.1, 0.15) is 12.0 Å². The minimum Gasteiger partial charge on any atom is -0.497 e. The highest BCUT2D eigenvalue weighted by Gasteiger charge is 2.25. The van der Waals surface area contributed by atoms with Crippen molar-refractivity contribution >= 4 is 35.6 Å². The number of fused-ring (bicyclic) bond motifs is 1. The largest absolute Gasteiger partial charge is 0.497 e. The summed E-state index contributed by atoms with van der Waals surface area (Å²) in [5, 5.41) is 6.02. The fourth-order valence-corrected chi connectivity index (χ4v) is 3.99. The molecule has 2 aromatic rings. The van der Waals surface area contributed by atoms with Gasteiger partial charge in [-0.25, -0.2) is 0 Å². The molecular formula is C20H29Cl2N3O. The van der Waals surface area contributed by atoms with Crippen LogP contribution in [0.25, 0.3) is 10.8 Å². The summed E-state index contributed by atoms with van der Waals surface area (Å²) in [7, 11) is 1.72. The number of nitrogens with one attached hydrogen (secondary N) is 1. The van der Waals surface area contributed by atoms with Gasteiger partial charge in [0.1, 0.15) is 5.75 Å². The molecule has 144 valence electrons. The maximum atomic E-state index is 5.31. The Hall–Kier alpha value is -1.04. The standard InChI is InChI=1S/C20H27N3O.2ClH/c1-24-20-5-4-17-12-16(2-3-18(17)13-20)15-22-8-10-23(11-9-22)19-6-7-21-14-19;;/h2-5,12-13,19,21H,6-11,14-15H2,1H3;2*1H. The average Bonchev–Trinajstić information content (AvgIpc) is 3.16. The zero-order valence-electron chi connectivity index (χ0n) is 15.3. The third-order valence-corrected chi connectivity index (χ3v) is 5.48. The van der Waals surface area contributed by atoms with Crippen LogP contribution in [-0.4, -0.2) is 62.2 Å². The van der Waals surface area contributed by atoms with E-state index in [0.29, 0.717) is 0 Å². The van der Waals surface area contributed by atoms with Gasteiger partial charge in [0.2, 0.25) is 0 Å². The third-order valence-electron chi connectivity index (χ3n) is 5.48. The van der Waals surface area contributed by atoms with E-state index in [9.17, 15) is 0 Å². The third kappa shape index (κ3) is 4.81. The molecule has 0 saturated carbocycles. The summed E-state index contributed by atoms with van der Waals surface area (Å²) in [5.41, 5.74) is 1.41. The second-order valence-corrected chi connectivity index (χ2v) is 7.01. The summed E-state index contributed by atoms with van der Waals surface area (Å²) in [4.78, 5) is 5.26. The summed E-state index contributed by atoms with van der Waals surface area (Å²) < 4.78 is 5.31. The Labute approximate surface area is 168 Å². The maximum absolute atomic E-state index is 5.31. The Balaban J connectivity index is 0.00000121. The molecule has 0 amide bonds.